The first-order chi connectivity index (χ1) is 12.2. The third-order valence-electron chi connectivity index (χ3n) is 4.29. The van der Waals surface area contributed by atoms with Crippen LogP contribution in [-0.2, 0) is 4.74 Å². The van der Waals surface area contributed by atoms with E-state index in [-0.39, 0.29) is 17.2 Å². The number of alkyl halides is 2. The summed E-state index contributed by atoms with van der Waals surface area (Å²) in [5.41, 5.74) is -0.889. The number of nitrogens with one attached hydrogen (secondary N) is 2. The molecule has 2 aromatic rings. The van der Waals surface area contributed by atoms with Gasteiger partial charge in [-0.15, -0.1) is 0 Å². The first kappa shape index (κ1) is 18.6. The lowest BCUT2D eigenvalue weighted by Gasteiger charge is -2.36. The van der Waals surface area contributed by atoms with Gasteiger partial charge in [0.2, 0.25) is 0 Å². The van der Waals surface area contributed by atoms with Crippen LogP contribution in [0.1, 0.15) is 25.5 Å². The van der Waals surface area contributed by atoms with E-state index in [1.807, 2.05) is 0 Å². The Labute approximate surface area is 154 Å². The van der Waals surface area contributed by atoms with Crippen LogP contribution in [-0.4, -0.2) is 28.1 Å². The molecule has 3 rings (SSSR count). The van der Waals surface area contributed by atoms with Gasteiger partial charge >= 0.3 is 0 Å². The highest BCUT2D eigenvalue weighted by atomic mass is 32.1. The summed E-state index contributed by atoms with van der Waals surface area (Å²) < 4.78 is 49.8. The van der Waals surface area contributed by atoms with Crippen LogP contribution in [0.5, 0.6) is 0 Å². The van der Waals surface area contributed by atoms with E-state index in [0.717, 1.165) is 6.07 Å². The highest BCUT2D eigenvalue weighted by Crippen LogP contribution is 2.44. The second-order valence-electron chi connectivity index (χ2n) is 6.53. The predicted octanol–water partition coefficient (Wildman–Crippen LogP) is 4.37. The first-order valence-corrected chi connectivity index (χ1v) is 8.39. The van der Waals surface area contributed by atoms with Crippen LogP contribution in [0.15, 0.2) is 42.7 Å². The van der Waals surface area contributed by atoms with Gasteiger partial charge in [0.15, 0.2) is 0 Å². The van der Waals surface area contributed by atoms with E-state index in [0.29, 0.717) is 11.4 Å². The number of hydrogen-bond donors (Lipinski definition) is 2. The van der Waals surface area contributed by atoms with Gasteiger partial charge in [-0.1, -0.05) is 12.2 Å². The van der Waals surface area contributed by atoms with Gasteiger partial charge in [-0.3, -0.25) is 4.98 Å². The molecule has 1 aliphatic rings. The fourth-order valence-corrected chi connectivity index (χ4v) is 2.88. The fourth-order valence-electron chi connectivity index (χ4n) is 2.70. The second-order valence-corrected chi connectivity index (χ2v) is 7.02. The molecule has 0 spiro atoms. The first-order valence-electron chi connectivity index (χ1n) is 7.98. The van der Waals surface area contributed by atoms with Gasteiger partial charge in [-0.25, -0.2) is 13.2 Å². The zero-order chi connectivity index (χ0) is 18.9. The SMILES string of the molecule is CC1(C)OCC(=S)N[C@H](c2cc(Nc3cccnc3)ccc2F)C1(F)F. The van der Waals surface area contributed by atoms with Crippen LogP contribution in [0.3, 0.4) is 0 Å². The summed E-state index contributed by atoms with van der Waals surface area (Å²) >= 11 is 5.04. The minimum atomic E-state index is -3.40. The Hall–Kier alpha value is -2.19. The smallest absolute Gasteiger partial charge is 0.299 e. The minimum absolute atomic E-state index is 0.102. The third-order valence-corrected chi connectivity index (χ3v) is 4.53. The summed E-state index contributed by atoms with van der Waals surface area (Å²) in [6, 6.07) is 5.81. The Bertz CT molecular complexity index is 815. The van der Waals surface area contributed by atoms with Gasteiger partial charge in [0.05, 0.1) is 18.5 Å². The van der Waals surface area contributed by atoms with E-state index in [1.165, 1.54) is 26.0 Å². The Morgan fingerprint density at radius 1 is 1.27 bits per heavy atom. The van der Waals surface area contributed by atoms with Crippen molar-refractivity contribution in [2.45, 2.75) is 31.4 Å². The molecule has 1 fully saturated rings. The van der Waals surface area contributed by atoms with Crippen LogP contribution in [0.25, 0.3) is 0 Å². The molecule has 0 amide bonds. The number of pyridine rings is 1. The normalized spacial score (nSPS) is 21.6. The van der Waals surface area contributed by atoms with Crippen molar-refractivity contribution in [1.29, 1.82) is 0 Å². The number of aromatic nitrogens is 1. The van der Waals surface area contributed by atoms with Crippen molar-refractivity contribution in [2.75, 3.05) is 11.9 Å². The standard InChI is InChI=1S/C18H18F3N3OS/c1-17(2)18(20,21)16(24-15(26)10-25-17)13-8-11(5-6-14(13)19)23-12-4-3-7-22-9-12/h3-9,16,23H,10H2,1-2H3,(H,24,26)/t16-/m1/s1. The molecule has 1 saturated heterocycles. The maximum atomic E-state index is 15.1. The summed E-state index contributed by atoms with van der Waals surface area (Å²) in [4.78, 5) is 4.07. The zero-order valence-electron chi connectivity index (χ0n) is 14.2. The molecule has 1 atom stereocenters. The molecule has 0 unspecified atom stereocenters. The maximum Gasteiger partial charge on any atom is 0.299 e. The summed E-state index contributed by atoms with van der Waals surface area (Å²) in [6.45, 7) is 2.39. The van der Waals surface area contributed by atoms with Crippen molar-refractivity contribution in [1.82, 2.24) is 10.3 Å². The third kappa shape index (κ3) is 3.52. The molecule has 0 radical (unpaired) electrons. The molecule has 8 heteroatoms. The summed E-state index contributed by atoms with van der Waals surface area (Å²) in [5, 5.41) is 5.57. The summed E-state index contributed by atoms with van der Waals surface area (Å²) in [6.07, 6.45) is 3.19. The lowest BCUT2D eigenvalue weighted by atomic mass is 9.88. The molecule has 138 valence electrons. The number of anilines is 2. The van der Waals surface area contributed by atoms with Crippen molar-refractivity contribution < 1.29 is 17.9 Å². The predicted molar refractivity (Wildman–Crippen MR) is 97.4 cm³/mol. The molecule has 26 heavy (non-hydrogen) atoms. The molecule has 4 nitrogen and oxygen atoms in total. The van der Waals surface area contributed by atoms with Gasteiger partial charge in [-0.05, 0) is 44.2 Å². The van der Waals surface area contributed by atoms with Crippen LogP contribution < -0.4 is 10.6 Å². The average molecular weight is 381 g/mol. The number of nitrogens with zero attached hydrogens (tertiary/aromatic N) is 1. The maximum absolute atomic E-state index is 15.1. The number of rotatable bonds is 3. The van der Waals surface area contributed by atoms with E-state index in [1.54, 1.807) is 24.5 Å². The lowest BCUT2D eigenvalue weighted by molar-refractivity contribution is -0.192. The average Bonchev–Trinajstić information content (AvgIpc) is 2.67. The number of halogens is 3. The van der Waals surface area contributed by atoms with Gasteiger partial charge in [0.1, 0.15) is 22.4 Å². The van der Waals surface area contributed by atoms with E-state index >= 15 is 8.78 Å². The molecule has 1 aromatic heterocycles. The second kappa shape index (κ2) is 6.85. The van der Waals surface area contributed by atoms with Gasteiger partial charge in [-0.2, -0.15) is 0 Å². The van der Waals surface area contributed by atoms with E-state index in [4.69, 9.17) is 17.0 Å². The summed E-state index contributed by atoms with van der Waals surface area (Å²) in [5.74, 6) is -4.15. The van der Waals surface area contributed by atoms with Crippen molar-refractivity contribution in [3.63, 3.8) is 0 Å². The van der Waals surface area contributed by atoms with Crippen LogP contribution in [0.2, 0.25) is 0 Å². The molecule has 1 aliphatic heterocycles. The van der Waals surface area contributed by atoms with Crippen molar-refractivity contribution >= 4 is 28.6 Å². The largest absolute Gasteiger partial charge is 0.365 e. The Morgan fingerprint density at radius 3 is 2.73 bits per heavy atom. The van der Waals surface area contributed by atoms with Gasteiger partial charge in [0, 0.05) is 17.4 Å². The fraction of sp³-hybridized carbons (Fsp3) is 0.333. The van der Waals surface area contributed by atoms with Crippen molar-refractivity contribution in [3.05, 3.63) is 54.1 Å². The number of hydrogen-bond acceptors (Lipinski definition) is 4. The Kier molecular flexibility index (Phi) is 4.90. The molecule has 0 bridgehead atoms. The summed E-state index contributed by atoms with van der Waals surface area (Å²) in [7, 11) is 0. The number of thiocarbonyl (C=S) groups is 1. The monoisotopic (exact) mass is 381 g/mol. The lowest BCUT2D eigenvalue weighted by Crippen LogP contribution is -2.51. The molecule has 2 N–H and O–H groups in total. The molecule has 0 saturated carbocycles. The van der Waals surface area contributed by atoms with E-state index in [9.17, 15) is 4.39 Å². The quantitative estimate of drug-likeness (QED) is 0.774. The highest BCUT2D eigenvalue weighted by molar-refractivity contribution is 7.80. The van der Waals surface area contributed by atoms with Crippen LogP contribution in [0, 0.1) is 5.82 Å². The molecule has 2 heterocycles. The van der Waals surface area contributed by atoms with Crippen molar-refractivity contribution in [3.8, 4) is 0 Å². The van der Waals surface area contributed by atoms with Gasteiger partial charge in [0.25, 0.3) is 5.92 Å². The highest BCUT2D eigenvalue weighted by Gasteiger charge is 2.56. The van der Waals surface area contributed by atoms with E-state index in [2.05, 4.69) is 15.6 Å². The topological polar surface area (TPSA) is 46.2 Å². The van der Waals surface area contributed by atoms with Crippen LogP contribution >= 0.6 is 12.2 Å². The zero-order valence-corrected chi connectivity index (χ0v) is 15.0. The molecular weight excluding hydrogens is 363 g/mol. The Balaban J connectivity index is 2.01. The van der Waals surface area contributed by atoms with E-state index < -0.39 is 23.4 Å². The molecular formula is C18H18F3N3OS. The number of benzene rings is 1. The molecule has 1 aromatic carbocycles. The Morgan fingerprint density at radius 2 is 2.04 bits per heavy atom. The van der Waals surface area contributed by atoms with Crippen molar-refractivity contribution in [2.24, 2.45) is 0 Å². The molecule has 0 aliphatic carbocycles. The van der Waals surface area contributed by atoms with Crippen LogP contribution in [0.4, 0.5) is 24.5 Å². The number of ether oxygens (including phenoxy) is 1. The van der Waals surface area contributed by atoms with Gasteiger partial charge < -0.3 is 15.4 Å². The minimum Gasteiger partial charge on any atom is -0.365 e.